The Morgan fingerprint density at radius 3 is 2.82 bits per heavy atom. The topological polar surface area (TPSA) is 71.7 Å². The Hall–Kier alpha value is -2.20. The van der Waals surface area contributed by atoms with Crippen molar-refractivity contribution >= 4 is 29.0 Å². The molecule has 1 atom stereocenters. The van der Waals surface area contributed by atoms with Gasteiger partial charge in [0.15, 0.2) is 0 Å². The van der Waals surface area contributed by atoms with Crippen molar-refractivity contribution in [3.63, 3.8) is 0 Å². The van der Waals surface area contributed by atoms with E-state index in [1.54, 1.807) is 23.1 Å². The van der Waals surface area contributed by atoms with Crippen molar-refractivity contribution < 1.29 is 14.1 Å². The molecule has 1 unspecified atom stereocenters. The van der Waals surface area contributed by atoms with Crippen molar-refractivity contribution in [2.24, 2.45) is 0 Å². The fraction of sp³-hybridized carbons (Fsp3) is 0.480. The molecule has 1 amide bonds. The van der Waals surface area contributed by atoms with Gasteiger partial charge in [-0.3, -0.25) is 9.69 Å². The largest absolute Gasteiger partial charge is 0.377 e. The third-order valence-corrected chi connectivity index (χ3v) is 8.37. The lowest BCUT2D eigenvalue weighted by molar-refractivity contribution is 0.0632. The number of carbonyl (C=O) groups excluding carboxylic acids is 1. The number of thioether (sulfide) groups is 1. The average molecular weight is 499 g/mol. The van der Waals surface area contributed by atoms with E-state index in [0.29, 0.717) is 17.8 Å². The van der Waals surface area contributed by atoms with Crippen LogP contribution in [0.3, 0.4) is 0 Å². The number of aryl methyl sites for hydroxylation is 1. The van der Waals surface area contributed by atoms with Crippen LogP contribution in [-0.4, -0.2) is 77.0 Å². The normalized spacial score (nSPS) is 19.1. The van der Waals surface area contributed by atoms with Gasteiger partial charge < -0.3 is 14.2 Å². The van der Waals surface area contributed by atoms with Crippen LogP contribution in [0.5, 0.6) is 0 Å². The SMILES string of the molecule is O=C(c1ccccc1SCC1CCCO1)N1CCN(CCCc2nc(-c3cccs3)no2)CC1. The molecule has 9 heteroatoms. The van der Waals surface area contributed by atoms with Crippen molar-refractivity contribution in [1.29, 1.82) is 0 Å². The van der Waals surface area contributed by atoms with Gasteiger partial charge in [0.2, 0.25) is 11.7 Å². The van der Waals surface area contributed by atoms with Crippen molar-refractivity contribution in [2.45, 2.75) is 36.7 Å². The second kappa shape index (κ2) is 11.5. The molecular weight excluding hydrogens is 468 g/mol. The van der Waals surface area contributed by atoms with Crippen molar-refractivity contribution in [2.75, 3.05) is 45.1 Å². The van der Waals surface area contributed by atoms with Crippen LogP contribution in [0.4, 0.5) is 0 Å². The Bertz CT molecular complexity index is 1060. The highest BCUT2D eigenvalue weighted by molar-refractivity contribution is 7.99. The zero-order valence-corrected chi connectivity index (χ0v) is 20.9. The molecule has 2 fully saturated rings. The predicted molar refractivity (Wildman–Crippen MR) is 134 cm³/mol. The molecule has 1 aromatic carbocycles. The summed E-state index contributed by atoms with van der Waals surface area (Å²) in [4.78, 5) is 24.3. The number of amides is 1. The monoisotopic (exact) mass is 498 g/mol. The molecule has 0 aliphatic carbocycles. The number of benzene rings is 1. The van der Waals surface area contributed by atoms with Crippen LogP contribution in [0.2, 0.25) is 0 Å². The number of hydrogen-bond donors (Lipinski definition) is 0. The highest BCUT2D eigenvalue weighted by Crippen LogP contribution is 2.28. The minimum absolute atomic E-state index is 0.141. The summed E-state index contributed by atoms with van der Waals surface area (Å²) in [6.45, 7) is 5.12. The lowest BCUT2D eigenvalue weighted by Crippen LogP contribution is -2.49. The molecule has 2 aliphatic rings. The van der Waals surface area contributed by atoms with E-state index in [0.717, 1.165) is 86.1 Å². The van der Waals surface area contributed by atoms with Gasteiger partial charge in [0.1, 0.15) is 0 Å². The first-order valence-corrected chi connectivity index (χ1v) is 13.8. The van der Waals surface area contributed by atoms with Crippen LogP contribution in [0.25, 0.3) is 10.7 Å². The molecule has 2 aliphatic heterocycles. The number of rotatable bonds is 9. The van der Waals surface area contributed by atoms with Gasteiger partial charge in [-0.1, -0.05) is 23.4 Å². The van der Waals surface area contributed by atoms with Crippen LogP contribution >= 0.6 is 23.1 Å². The lowest BCUT2D eigenvalue weighted by Gasteiger charge is -2.35. The summed E-state index contributed by atoms with van der Waals surface area (Å²) in [5.41, 5.74) is 0.817. The molecule has 0 N–H and O–H groups in total. The minimum Gasteiger partial charge on any atom is -0.377 e. The van der Waals surface area contributed by atoms with Gasteiger partial charge in [0.25, 0.3) is 5.91 Å². The molecule has 0 saturated carbocycles. The fourth-order valence-electron chi connectivity index (χ4n) is 4.39. The van der Waals surface area contributed by atoms with Gasteiger partial charge >= 0.3 is 0 Å². The van der Waals surface area contributed by atoms with E-state index in [1.807, 2.05) is 40.6 Å². The van der Waals surface area contributed by atoms with E-state index >= 15 is 0 Å². The van der Waals surface area contributed by atoms with Gasteiger partial charge in [-0.15, -0.1) is 23.1 Å². The predicted octanol–water partition coefficient (Wildman–Crippen LogP) is 4.46. The van der Waals surface area contributed by atoms with Crippen molar-refractivity contribution in [1.82, 2.24) is 19.9 Å². The molecule has 34 heavy (non-hydrogen) atoms. The van der Waals surface area contributed by atoms with Crippen LogP contribution in [-0.2, 0) is 11.2 Å². The quantitative estimate of drug-likeness (QED) is 0.403. The van der Waals surface area contributed by atoms with Crippen LogP contribution in [0, 0.1) is 0 Å². The maximum atomic E-state index is 13.3. The summed E-state index contributed by atoms with van der Waals surface area (Å²) in [5.74, 6) is 2.41. The van der Waals surface area contributed by atoms with Gasteiger partial charge in [-0.05, 0) is 49.4 Å². The summed E-state index contributed by atoms with van der Waals surface area (Å²) >= 11 is 3.36. The third kappa shape index (κ3) is 5.89. The van der Waals surface area contributed by atoms with E-state index in [2.05, 4.69) is 21.1 Å². The highest BCUT2D eigenvalue weighted by Gasteiger charge is 2.24. The van der Waals surface area contributed by atoms with E-state index in [1.165, 1.54) is 0 Å². The molecule has 7 nitrogen and oxygen atoms in total. The molecule has 2 aromatic heterocycles. The maximum Gasteiger partial charge on any atom is 0.255 e. The third-order valence-electron chi connectivity index (χ3n) is 6.30. The number of hydrogen-bond acceptors (Lipinski definition) is 8. The molecule has 0 bridgehead atoms. The Balaban J connectivity index is 1.07. The van der Waals surface area contributed by atoms with Crippen molar-refractivity contribution in [3.8, 4) is 10.7 Å². The summed E-state index contributed by atoms with van der Waals surface area (Å²) in [5, 5.41) is 6.10. The van der Waals surface area contributed by atoms with Gasteiger partial charge in [-0.2, -0.15) is 4.98 Å². The van der Waals surface area contributed by atoms with Crippen LogP contribution < -0.4 is 0 Å². The number of piperazine rings is 1. The standard InChI is InChI=1S/C25H30N4O3S2/c30-25(20-7-1-2-8-21(20)34-18-19-6-4-16-31-19)29-14-12-28(13-15-29)11-3-10-23-26-24(27-32-23)22-9-5-17-33-22/h1-2,5,7-9,17,19H,3-4,6,10-16,18H2. The molecule has 0 radical (unpaired) electrons. The Kier molecular flexibility index (Phi) is 7.95. The summed E-state index contributed by atoms with van der Waals surface area (Å²) in [7, 11) is 0. The van der Waals surface area contributed by atoms with Gasteiger partial charge in [0.05, 0.1) is 16.5 Å². The molecular formula is C25H30N4O3S2. The Morgan fingerprint density at radius 2 is 2.03 bits per heavy atom. The fourth-order valence-corrected chi connectivity index (χ4v) is 6.15. The van der Waals surface area contributed by atoms with Crippen LogP contribution in [0.15, 0.2) is 51.2 Å². The number of nitrogens with zero attached hydrogens (tertiary/aromatic N) is 4. The lowest BCUT2D eigenvalue weighted by atomic mass is 10.1. The number of thiophene rings is 1. The minimum atomic E-state index is 0.141. The summed E-state index contributed by atoms with van der Waals surface area (Å²) in [6, 6.07) is 12.0. The zero-order chi connectivity index (χ0) is 23.2. The van der Waals surface area contributed by atoms with E-state index in [9.17, 15) is 4.79 Å². The number of aromatic nitrogens is 2. The summed E-state index contributed by atoms with van der Waals surface area (Å²) in [6.07, 6.45) is 4.30. The van der Waals surface area contributed by atoms with E-state index in [4.69, 9.17) is 9.26 Å². The zero-order valence-electron chi connectivity index (χ0n) is 19.2. The molecule has 180 valence electrons. The average Bonchev–Trinajstić information content (AvgIpc) is 3.66. The first kappa shape index (κ1) is 23.5. The van der Waals surface area contributed by atoms with Crippen LogP contribution in [0.1, 0.15) is 35.5 Å². The highest BCUT2D eigenvalue weighted by atomic mass is 32.2. The molecule has 2 saturated heterocycles. The smallest absolute Gasteiger partial charge is 0.255 e. The molecule has 5 rings (SSSR count). The van der Waals surface area contributed by atoms with Gasteiger partial charge in [0, 0.05) is 49.9 Å². The van der Waals surface area contributed by atoms with Gasteiger partial charge in [-0.25, -0.2) is 0 Å². The summed E-state index contributed by atoms with van der Waals surface area (Å²) < 4.78 is 11.2. The Morgan fingerprint density at radius 1 is 1.15 bits per heavy atom. The molecule has 3 aromatic rings. The second-order valence-corrected chi connectivity index (χ2v) is 10.7. The van der Waals surface area contributed by atoms with E-state index in [-0.39, 0.29) is 5.91 Å². The maximum absolute atomic E-state index is 13.3. The first-order valence-electron chi connectivity index (χ1n) is 12.0. The number of ether oxygens (including phenoxy) is 1. The Labute approximate surface area is 208 Å². The van der Waals surface area contributed by atoms with E-state index < -0.39 is 0 Å². The molecule has 4 heterocycles. The van der Waals surface area contributed by atoms with Crippen molar-refractivity contribution in [3.05, 3.63) is 53.2 Å². The first-order chi connectivity index (χ1) is 16.8. The number of carbonyl (C=O) groups is 1. The molecule has 0 spiro atoms. The second-order valence-electron chi connectivity index (χ2n) is 8.67.